The number of nitrogens with zero attached hydrogens (tertiary/aromatic N) is 1. The highest BCUT2D eigenvalue weighted by atomic mass is 16.2. The molecule has 0 atom stereocenters. The van der Waals surface area contributed by atoms with E-state index in [-0.39, 0.29) is 5.91 Å². The van der Waals surface area contributed by atoms with E-state index in [1.54, 1.807) is 6.21 Å². The third-order valence-corrected chi connectivity index (χ3v) is 5.35. The molecule has 1 aliphatic carbocycles. The minimum atomic E-state index is -0.0960. The normalized spacial score (nSPS) is 15.6. The summed E-state index contributed by atoms with van der Waals surface area (Å²) in [5, 5.41) is 12.2. The summed E-state index contributed by atoms with van der Waals surface area (Å²) in [6.07, 6.45) is 7.92. The number of hydrogen-bond acceptors (Lipinski definition) is 3. The summed E-state index contributed by atoms with van der Waals surface area (Å²) in [5.74, 6) is -0.0960. The molecule has 0 heterocycles. The molecule has 2 N–H and O–H groups in total. The van der Waals surface area contributed by atoms with Crippen LogP contribution in [0, 0.1) is 0 Å². The summed E-state index contributed by atoms with van der Waals surface area (Å²) >= 11 is 0. The zero-order valence-electron chi connectivity index (χ0n) is 15.4. The van der Waals surface area contributed by atoms with Gasteiger partial charge >= 0.3 is 0 Å². The van der Waals surface area contributed by atoms with Gasteiger partial charge in [-0.15, -0.1) is 0 Å². The molecule has 0 unspecified atom stereocenters. The Morgan fingerprint density at radius 3 is 2.26 bits per heavy atom. The molecule has 1 amide bonds. The zero-order valence-corrected chi connectivity index (χ0v) is 15.4. The van der Waals surface area contributed by atoms with Crippen molar-refractivity contribution in [1.29, 1.82) is 0 Å². The van der Waals surface area contributed by atoms with E-state index in [9.17, 15) is 4.79 Å². The van der Waals surface area contributed by atoms with Gasteiger partial charge in [0.05, 0.1) is 12.8 Å². The SMILES string of the molecule is O=C(CNC1CCCCC1)N/N=C\c1c2ccccc2cc2ccccc12. The van der Waals surface area contributed by atoms with Crippen LogP contribution in [-0.2, 0) is 4.79 Å². The van der Waals surface area contributed by atoms with E-state index in [2.05, 4.69) is 46.2 Å². The van der Waals surface area contributed by atoms with Gasteiger partial charge in [0.1, 0.15) is 0 Å². The number of hydrazone groups is 1. The molecular weight excluding hydrogens is 334 g/mol. The lowest BCUT2D eigenvalue weighted by Crippen LogP contribution is -2.38. The van der Waals surface area contributed by atoms with E-state index in [0.29, 0.717) is 12.6 Å². The third-order valence-electron chi connectivity index (χ3n) is 5.35. The van der Waals surface area contributed by atoms with Crippen molar-refractivity contribution in [3.05, 3.63) is 60.2 Å². The number of carbonyl (C=O) groups excluding carboxylic acids is 1. The molecule has 1 saturated carbocycles. The predicted molar refractivity (Wildman–Crippen MR) is 112 cm³/mol. The molecule has 1 aliphatic rings. The smallest absolute Gasteiger partial charge is 0.254 e. The number of amides is 1. The fourth-order valence-electron chi connectivity index (χ4n) is 3.94. The maximum Gasteiger partial charge on any atom is 0.254 e. The third kappa shape index (κ3) is 4.17. The van der Waals surface area contributed by atoms with Gasteiger partial charge in [-0.1, -0.05) is 67.8 Å². The molecular formula is C23H25N3O. The van der Waals surface area contributed by atoms with Crippen LogP contribution in [0.4, 0.5) is 0 Å². The monoisotopic (exact) mass is 359 g/mol. The van der Waals surface area contributed by atoms with Crippen LogP contribution >= 0.6 is 0 Å². The Kier molecular flexibility index (Phi) is 5.45. The van der Waals surface area contributed by atoms with Crippen LogP contribution in [0.5, 0.6) is 0 Å². The second-order valence-corrected chi connectivity index (χ2v) is 7.24. The summed E-state index contributed by atoms with van der Waals surface area (Å²) in [4.78, 5) is 12.1. The molecule has 0 saturated heterocycles. The van der Waals surface area contributed by atoms with Gasteiger partial charge in [-0.3, -0.25) is 4.79 Å². The standard InChI is InChI=1S/C23H25N3O/c27-23(16-24-19-10-2-1-3-11-19)26-25-15-22-20-12-6-4-8-17(20)14-18-9-5-7-13-21(18)22/h4-9,12-15,19,24H,1-3,10-11,16H2,(H,26,27)/b25-15-. The van der Waals surface area contributed by atoms with Crippen molar-refractivity contribution in [3.63, 3.8) is 0 Å². The van der Waals surface area contributed by atoms with Crippen LogP contribution in [-0.4, -0.2) is 24.7 Å². The van der Waals surface area contributed by atoms with Crippen molar-refractivity contribution >= 4 is 33.7 Å². The Labute approximate surface area is 159 Å². The number of hydrogen-bond donors (Lipinski definition) is 2. The van der Waals surface area contributed by atoms with Crippen LogP contribution in [0.25, 0.3) is 21.5 Å². The number of benzene rings is 3. The van der Waals surface area contributed by atoms with Gasteiger partial charge in [-0.2, -0.15) is 5.10 Å². The maximum absolute atomic E-state index is 12.1. The first kappa shape index (κ1) is 17.7. The Morgan fingerprint density at radius 1 is 0.963 bits per heavy atom. The fraction of sp³-hybridized carbons (Fsp3) is 0.304. The van der Waals surface area contributed by atoms with Crippen molar-refractivity contribution < 1.29 is 4.79 Å². The molecule has 0 aliphatic heterocycles. The molecule has 1 fully saturated rings. The van der Waals surface area contributed by atoms with Crippen LogP contribution < -0.4 is 10.7 Å². The van der Waals surface area contributed by atoms with E-state index in [1.807, 2.05) is 24.3 Å². The van der Waals surface area contributed by atoms with Crippen molar-refractivity contribution in [2.24, 2.45) is 5.10 Å². The van der Waals surface area contributed by atoms with E-state index in [0.717, 1.165) is 16.3 Å². The average molecular weight is 359 g/mol. The van der Waals surface area contributed by atoms with Crippen molar-refractivity contribution in [2.75, 3.05) is 6.54 Å². The number of carbonyl (C=O) groups is 1. The largest absolute Gasteiger partial charge is 0.306 e. The summed E-state index contributed by atoms with van der Waals surface area (Å²) in [6, 6.07) is 19.2. The van der Waals surface area contributed by atoms with Gasteiger partial charge in [-0.05, 0) is 40.5 Å². The maximum atomic E-state index is 12.1. The molecule has 0 aromatic heterocycles. The fourth-order valence-corrected chi connectivity index (χ4v) is 3.94. The van der Waals surface area contributed by atoms with Gasteiger partial charge < -0.3 is 5.32 Å². The van der Waals surface area contributed by atoms with Crippen molar-refractivity contribution in [3.8, 4) is 0 Å². The molecule has 4 heteroatoms. The van der Waals surface area contributed by atoms with E-state index >= 15 is 0 Å². The minimum Gasteiger partial charge on any atom is -0.306 e. The average Bonchev–Trinajstić information content (AvgIpc) is 2.72. The van der Waals surface area contributed by atoms with E-state index in [1.165, 1.54) is 42.9 Å². The highest BCUT2D eigenvalue weighted by Crippen LogP contribution is 2.27. The molecule has 0 spiro atoms. The lowest BCUT2D eigenvalue weighted by Gasteiger charge is -2.22. The Hall–Kier alpha value is -2.72. The molecule has 0 radical (unpaired) electrons. The molecule has 3 aromatic rings. The number of rotatable bonds is 5. The highest BCUT2D eigenvalue weighted by Gasteiger charge is 2.13. The van der Waals surface area contributed by atoms with Crippen LogP contribution in [0.2, 0.25) is 0 Å². The van der Waals surface area contributed by atoms with Gasteiger partial charge in [0.15, 0.2) is 0 Å². The van der Waals surface area contributed by atoms with E-state index < -0.39 is 0 Å². The summed E-state index contributed by atoms with van der Waals surface area (Å²) in [6.45, 7) is 0.318. The van der Waals surface area contributed by atoms with Gasteiger partial charge in [0, 0.05) is 11.6 Å². The molecule has 27 heavy (non-hydrogen) atoms. The van der Waals surface area contributed by atoms with Crippen LogP contribution in [0.15, 0.2) is 59.7 Å². The quantitative estimate of drug-likeness (QED) is 0.404. The first-order valence-electron chi connectivity index (χ1n) is 9.77. The topological polar surface area (TPSA) is 53.5 Å². The summed E-state index contributed by atoms with van der Waals surface area (Å²) in [7, 11) is 0. The Balaban J connectivity index is 1.49. The first-order chi connectivity index (χ1) is 13.3. The predicted octanol–water partition coefficient (Wildman–Crippen LogP) is 4.37. The second kappa shape index (κ2) is 8.31. The molecule has 4 rings (SSSR count). The summed E-state index contributed by atoms with van der Waals surface area (Å²) < 4.78 is 0. The van der Waals surface area contributed by atoms with Crippen molar-refractivity contribution in [2.45, 2.75) is 38.1 Å². The van der Waals surface area contributed by atoms with Crippen molar-refractivity contribution in [1.82, 2.24) is 10.7 Å². The lowest BCUT2D eigenvalue weighted by atomic mass is 9.95. The molecule has 3 aromatic carbocycles. The summed E-state index contributed by atoms with van der Waals surface area (Å²) in [5.41, 5.74) is 3.70. The number of nitrogens with one attached hydrogen (secondary N) is 2. The van der Waals surface area contributed by atoms with Crippen LogP contribution in [0.1, 0.15) is 37.7 Å². The Morgan fingerprint density at radius 2 is 1.59 bits per heavy atom. The zero-order chi connectivity index (χ0) is 18.5. The first-order valence-corrected chi connectivity index (χ1v) is 9.77. The molecule has 138 valence electrons. The minimum absolute atomic E-state index is 0.0960. The second-order valence-electron chi connectivity index (χ2n) is 7.24. The van der Waals surface area contributed by atoms with Gasteiger partial charge in [0.25, 0.3) is 5.91 Å². The highest BCUT2D eigenvalue weighted by molar-refractivity contribution is 6.13. The molecule has 4 nitrogen and oxygen atoms in total. The Bertz CT molecular complexity index is 920. The van der Waals surface area contributed by atoms with Gasteiger partial charge in [-0.25, -0.2) is 5.43 Å². The van der Waals surface area contributed by atoms with Crippen LogP contribution in [0.3, 0.4) is 0 Å². The number of fused-ring (bicyclic) bond motifs is 2. The lowest BCUT2D eigenvalue weighted by molar-refractivity contribution is -0.120. The van der Waals surface area contributed by atoms with Gasteiger partial charge in [0.2, 0.25) is 0 Å². The molecule has 0 bridgehead atoms. The van der Waals surface area contributed by atoms with E-state index in [4.69, 9.17) is 0 Å².